The van der Waals surface area contributed by atoms with Crippen LogP contribution in [0.2, 0.25) is 0 Å². The highest BCUT2D eigenvalue weighted by atomic mass is 35.5. The lowest BCUT2D eigenvalue weighted by molar-refractivity contribution is -0.115. The van der Waals surface area contributed by atoms with Crippen LogP contribution in [-0.4, -0.2) is 24.4 Å². The molecule has 1 amide bonds. The molecule has 0 aromatic heterocycles. The summed E-state index contributed by atoms with van der Waals surface area (Å²) in [7, 11) is 0. The van der Waals surface area contributed by atoms with Crippen LogP contribution in [0.4, 0.5) is 11.4 Å². The van der Waals surface area contributed by atoms with Crippen molar-refractivity contribution in [3.05, 3.63) is 23.8 Å². The largest absolute Gasteiger partial charge is 0.370 e. The first kappa shape index (κ1) is 14.2. The van der Waals surface area contributed by atoms with E-state index in [4.69, 9.17) is 11.6 Å². The molecule has 104 valence electrons. The quantitative estimate of drug-likeness (QED) is 0.859. The summed E-state index contributed by atoms with van der Waals surface area (Å²) in [4.78, 5) is 14.1. The molecule has 4 heteroatoms. The maximum atomic E-state index is 11.8. The van der Waals surface area contributed by atoms with Crippen LogP contribution in [0.5, 0.6) is 0 Å². The van der Waals surface area contributed by atoms with Gasteiger partial charge in [-0.25, -0.2) is 0 Å². The Bertz CT molecular complexity index is 453. The standard InChI is InChI=1S/C15H21ClN2O/c1-11-6-7-14(18-8-4-3-5-9-18)13(10-11)17-15(19)12(2)16/h6-7,10,12H,3-5,8-9H2,1-2H3,(H,17,19)/t12-/m0/s1. The lowest BCUT2D eigenvalue weighted by Gasteiger charge is -2.30. The Labute approximate surface area is 119 Å². The fraction of sp³-hybridized carbons (Fsp3) is 0.533. The van der Waals surface area contributed by atoms with Crippen molar-refractivity contribution < 1.29 is 4.79 Å². The lowest BCUT2D eigenvalue weighted by atomic mass is 10.1. The molecule has 1 aromatic carbocycles. The van der Waals surface area contributed by atoms with Gasteiger partial charge in [0.1, 0.15) is 5.38 Å². The molecule has 1 N–H and O–H groups in total. The van der Waals surface area contributed by atoms with Crippen molar-refractivity contribution in [3.63, 3.8) is 0 Å². The van der Waals surface area contributed by atoms with Gasteiger partial charge in [0, 0.05) is 13.1 Å². The summed E-state index contributed by atoms with van der Waals surface area (Å²) < 4.78 is 0. The van der Waals surface area contributed by atoms with Crippen molar-refractivity contribution in [1.82, 2.24) is 0 Å². The molecule has 0 bridgehead atoms. The van der Waals surface area contributed by atoms with Gasteiger partial charge in [-0.15, -0.1) is 11.6 Å². The molecule has 0 spiro atoms. The molecule has 1 aliphatic rings. The van der Waals surface area contributed by atoms with Gasteiger partial charge in [0.25, 0.3) is 0 Å². The first-order valence-corrected chi connectivity index (χ1v) is 7.32. The second kappa shape index (κ2) is 6.29. The number of anilines is 2. The normalized spacial score (nSPS) is 17.1. The Morgan fingerprint density at radius 3 is 2.63 bits per heavy atom. The fourth-order valence-corrected chi connectivity index (χ4v) is 2.45. The molecule has 0 radical (unpaired) electrons. The number of halogens is 1. The number of amides is 1. The first-order valence-electron chi connectivity index (χ1n) is 6.88. The van der Waals surface area contributed by atoms with Crippen LogP contribution < -0.4 is 10.2 Å². The fourth-order valence-electron chi connectivity index (χ4n) is 2.39. The van der Waals surface area contributed by atoms with Crippen LogP contribution >= 0.6 is 11.6 Å². The molecule has 1 fully saturated rings. The number of alkyl halides is 1. The summed E-state index contributed by atoms with van der Waals surface area (Å²) in [6.07, 6.45) is 3.73. The Kier molecular flexibility index (Phi) is 4.70. The zero-order valence-electron chi connectivity index (χ0n) is 11.6. The molecule has 1 saturated heterocycles. The predicted octanol–water partition coefficient (Wildman–Crippen LogP) is 3.55. The van der Waals surface area contributed by atoms with Gasteiger partial charge in [-0.1, -0.05) is 6.07 Å². The van der Waals surface area contributed by atoms with E-state index in [9.17, 15) is 4.79 Å². The average molecular weight is 281 g/mol. The van der Waals surface area contributed by atoms with E-state index in [1.54, 1.807) is 6.92 Å². The van der Waals surface area contributed by atoms with Crippen LogP contribution in [0.3, 0.4) is 0 Å². The van der Waals surface area contributed by atoms with Crippen molar-refractivity contribution >= 4 is 28.9 Å². The molecular formula is C15H21ClN2O. The van der Waals surface area contributed by atoms with Crippen molar-refractivity contribution in [1.29, 1.82) is 0 Å². The number of piperidine rings is 1. The Hall–Kier alpha value is -1.22. The first-order chi connectivity index (χ1) is 9.08. The number of hydrogen-bond donors (Lipinski definition) is 1. The summed E-state index contributed by atoms with van der Waals surface area (Å²) in [6, 6.07) is 6.19. The number of carbonyl (C=O) groups is 1. The zero-order valence-corrected chi connectivity index (χ0v) is 12.3. The van der Waals surface area contributed by atoms with E-state index in [0.717, 1.165) is 30.0 Å². The van der Waals surface area contributed by atoms with E-state index in [1.807, 2.05) is 13.0 Å². The van der Waals surface area contributed by atoms with Gasteiger partial charge in [-0.3, -0.25) is 4.79 Å². The summed E-state index contributed by atoms with van der Waals surface area (Å²) >= 11 is 5.83. The van der Waals surface area contributed by atoms with Crippen LogP contribution in [-0.2, 0) is 4.79 Å². The minimum atomic E-state index is -0.519. The van der Waals surface area contributed by atoms with E-state index < -0.39 is 5.38 Å². The number of benzene rings is 1. The van der Waals surface area contributed by atoms with Gasteiger partial charge < -0.3 is 10.2 Å². The highest BCUT2D eigenvalue weighted by molar-refractivity contribution is 6.32. The monoisotopic (exact) mass is 280 g/mol. The van der Waals surface area contributed by atoms with Crippen LogP contribution in [0.25, 0.3) is 0 Å². The molecular weight excluding hydrogens is 260 g/mol. The van der Waals surface area contributed by atoms with Gasteiger partial charge in [0.15, 0.2) is 0 Å². The minimum Gasteiger partial charge on any atom is -0.370 e. The molecule has 1 atom stereocenters. The van der Waals surface area contributed by atoms with Crippen LogP contribution in [0.1, 0.15) is 31.7 Å². The third-order valence-corrected chi connectivity index (χ3v) is 3.67. The number of hydrogen-bond acceptors (Lipinski definition) is 2. The lowest BCUT2D eigenvalue weighted by Crippen LogP contribution is -2.31. The molecule has 1 heterocycles. The molecule has 0 saturated carbocycles. The van der Waals surface area contributed by atoms with Gasteiger partial charge in [-0.2, -0.15) is 0 Å². The zero-order chi connectivity index (χ0) is 13.8. The minimum absolute atomic E-state index is 0.148. The van der Waals surface area contributed by atoms with E-state index in [-0.39, 0.29) is 5.91 Å². The van der Waals surface area contributed by atoms with Gasteiger partial charge in [0.05, 0.1) is 11.4 Å². The summed E-state index contributed by atoms with van der Waals surface area (Å²) in [5.41, 5.74) is 3.12. The predicted molar refractivity (Wildman–Crippen MR) is 81.2 cm³/mol. The number of nitrogens with zero attached hydrogens (tertiary/aromatic N) is 1. The molecule has 19 heavy (non-hydrogen) atoms. The van der Waals surface area contributed by atoms with Gasteiger partial charge in [0.2, 0.25) is 5.91 Å². The van der Waals surface area contributed by atoms with Crippen molar-refractivity contribution in [2.75, 3.05) is 23.3 Å². The van der Waals surface area contributed by atoms with Crippen molar-refractivity contribution in [2.45, 2.75) is 38.5 Å². The molecule has 2 rings (SSSR count). The molecule has 1 aromatic rings. The molecule has 0 unspecified atom stereocenters. The number of nitrogens with one attached hydrogen (secondary N) is 1. The Morgan fingerprint density at radius 1 is 1.32 bits per heavy atom. The highest BCUT2D eigenvalue weighted by Gasteiger charge is 2.17. The van der Waals surface area contributed by atoms with Crippen LogP contribution in [0.15, 0.2) is 18.2 Å². The smallest absolute Gasteiger partial charge is 0.242 e. The van der Waals surface area contributed by atoms with E-state index >= 15 is 0 Å². The average Bonchev–Trinajstić information content (AvgIpc) is 2.39. The second-order valence-corrected chi connectivity index (χ2v) is 5.83. The van der Waals surface area contributed by atoms with Crippen molar-refractivity contribution in [3.8, 4) is 0 Å². The van der Waals surface area contributed by atoms with E-state index in [0.29, 0.717) is 0 Å². The summed E-state index contributed by atoms with van der Waals surface area (Å²) in [5, 5.41) is 2.42. The molecule has 0 aliphatic carbocycles. The van der Waals surface area contributed by atoms with Gasteiger partial charge in [-0.05, 0) is 50.8 Å². The third kappa shape index (κ3) is 3.63. The third-order valence-electron chi connectivity index (χ3n) is 3.47. The van der Waals surface area contributed by atoms with Crippen LogP contribution in [0, 0.1) is 6.92 Å². The maximum absolute atomic E-state index is 11.8. The highest BCUT2D eigenvalue weighted by Crippen LogP contribution is 2.29. The second-order valence-electron chi connectivity index (χ2n) is 5.17. The van der Waals surface area contributed by atoms with E-state index in [1.165, 1.54) is 19.3 Å². The summed E-state index contributed by atoms with van der Waals surface area (Å²) in [6.45, 7) is 5.83. The Morgan fingerprint density at radius 2 is 2.00 bits per heavy atom. The SMILES string of the molecule is Cc1ccc(N2CCCCC2)c(NC(=O)[C@H](C)Cl)c1. The van der Waals surface area contributed by atoms with Crippen molar-refractivity contribution in [2.24, 2.45) is 0 Å². The van der Waals surface area contributed by atoms with Gasteiger partial charge >= 0.3 is 0 Å². The topological polar surface area (TPSA) is 32.3 Å². The number of aryl methyl sites for hydroxylation is 1. The number of carbonyl (C=O) groups excluding carboxylic acids is 1. The molecule has 1 aliphatic heterocycles. The molecule has 3 nitrogen and oxygen atoms in total. The Balaban J connectivity index is 2.24. The van der Waals surface area contributed by atoms with E-state index in [2.05, 4.69) is 22.3 Å². The number of rotatable bonds is 3. The maximum Gasteiger partial charge on any atom is 0.242 e. The summed E-state index contributed by atoms with van der Waals surface area (Å²) in [5.74, 6) is -0.148.